The van der Waals surface area contributed by atoms with E-state index in [4.69, 9.17) is 4.74 Å². The van der Waals surface area contributed by atoms with Crippen LogP contribution >= 0.6 is 0 Å². The van der Waals surface area contributed by atoms with Crippen molar-refractivity contribution in [3.8, 4) is 5.75 Å². The van der Waals surface area contributed by atoms with Gasteiger partial charge in [0, 0.05) is 19.6 Å². The molecule has 0 saturated heterocycles. The van der Waals surface area contributed by atoms with Crippen LogP contribution in [0.25, 0.3) is 0 Å². The average Bonchev–Trinajstić information content (AvgIpc) is 2.37. The first kappa shape index (κ1) is 17.7. The summed E-state index contributed by atoms with van der Waals surface area (Å²) < 4.78 is 5.83. The zero-order chi connectivity index (χ0) is 15.8. The molecule has 0 radical (unpaired) electrons. The standard InChI is InChI=1S/C18H29NO2/c1-14(2)12-19(13-15(3)4)10-11-21-18-9-7-6-8-17(18)16(5)20/h6-9,14-15H,10-13H2,1-5H3. The van der Waals surface area contributed by atoms with E-state index < -0.39 is 0 Å². The van der Waals surface area contributed by atoms with Gasteiger partial charge in [0.05, 0.1) is 5.56 Å². The van der Waals surface area contributed by atoms with Crippen LogP contribution in [-0.2, 0) is 0 Å². The maximum atomic E-state index is 11.6. The lowest BCUT2D eigenvalue weighted by atomic mass is 10.1. The van der Waals surface area contributed by atoms with Crippen molar-refractivity contribution in [2.24, 2.45) is 11.8 Å². The Labute approximate surface area is 129 Å². The van der Waals surface area contributed by atoms with E-state index in [0.29, 0.717) is 29.8 Å². The fourth-order valence-corrected chi connectivity index (χ4v) is 2.46. The van der Waals surface area contributed by atoms with Crippen LogP contribution in [0.5, 0.6) is 5.75 Å². The Kier molecular flexibility index (Phi) is 7.44. The van der Waals surface area contributed by atoms with Gasteiger partial charge in [-0.25, -0.2) is 0 Å². The molecule has 0 spiro atoms. The number of para-hydroxylation sites is 1. The third-order valence-corrected chi connectivity index (χ3v) is 3.18. The Hall–Kier alpha value is -1.35. The highest BCUT2D eigenvalue weighted by Crippen LogP contribution is 2.18. The molecule has 21 heavy (non-hydrogen) atoms. The molecule has 0 aromatic heterocycles. The van der Waals surface area contributed by atoms with Gasteiger partial charge in [0.1, 0.15) is 12.4 Å². The van der Waals surface area contributed by atoms with Crippen LogP contribution in [0, 0.1) is 11.8 Å². The van der Waals surface area contributed by atoms with Crippen molar-refractivity contribution in [3.05, 3.63) is 29.8 Å². The summed E-state index contributed by atoms with van der Waals surface area (Å²) in [4.78, 5) is 14.0. The summed E-state index contributed by atoms with van der Waals surface area (Å²) in [7, 11) is 0. The molecular formula is C18H29NO2. The number of Topliss-reactive ketones (excluding diaryl/α,β-unsaturated/α-hetero) is 1. The fraction of sp³-hybridized carbons (Fsp3) is 0.611. The van der Waals surface area contributed by atoms with Gasteiger partial charge in [-0.3, -0.25) is 9.69 Å². The van der Waals surface area contributed by atoms with Gasteiger partial charge in [-0.1, -0.05) is 39.8 Å². The quantitative estimate of drug-likeness (QED) is 0.647. The number of ketones is 1. The van der Waals surface area contributed by atoms with Crippen molar-refractivity contribution in [2.75, 3.05) is 26.2 Å². The molecule has 0 aliphatic rings. The summed E-state index contributed by atoms with van der Waals surface area (Å²) in [5.74, 6) is 2.03. The van der Waals surface area contributed by atoms with Crippen molar-refractivity contribution >= 4 is 5.78 Å². The SMILES string of the molecule is CC(=O)c1ccccc1OCCN(CC(C)C)CC(C)C. The molecule has 0 aliphatic carbocycles. The van der Waals surface area contributed by atoms with Gasteiger partial charge in [0.15, 0.2) is 5.78 Å². The molecule has 0 fully saturated rings. The van der Waals surface area contributed by atoms with E-state index in [1.807, 2.05) is 24.3 Å². The van der Waals surface area contributed by atoms with E-state index in [9.17, 15) is 4.79 Å². The number of hydrogen-bond donors (Lipinski definition) is 0. The minimum absolute atomic E-state index is 0.0480. The van der Waals surface area contributed by atoms with Gasteiger partial charge in [-0.2, -0.15) is 0 Å². The molecule has 3 nitrogen and oxygen atoms in total. The molecule has 1 rings (SSSR count). The highest BCUT2D eigenvalue weighted by molar-refractivity contribution is 5.96. The normalized spacial score (nSPS) is 11.4. The first-order valence-electron chi connectivity index (χ1n) is 7.85. The highest BCUT2D eigenvalue weighted by Gasteiger charge is 2.11. The topological polar surface area (TPSA) is 29.5 Å². The van der Waals surface area contributed by atoms with Crippen molar-refractivity contribution in [1.29, 1.82) is 0 Å². The van der Waals surface area contributed by atoms with Gasteiger partial charge in [-0.15, -0.1) is 0 Å². The summed E-state index contributed by atoms with van der Waals surface area (Å²) in [6, 6.07) is 7.46. The van der Waals surface area contributed by atoms with Crippen molar-refractivity contribution in [3.63, 3.8) is 0 Å². The van der Waals surface area contributed by atoms with Gasteiger partial charge in [0.25, 0.3) is 0 Å². The zero-order valence-corrected chi connectivity index (χ0v) is 14.1. The molecule has 1 aromatic carbocycles. The minimum Gasteiger partial charge on any atom is -0.491 e. The number of carbonyl (C=O) groups excluding carboxylic acids is 1. The third kappa shape index (κ3) is 6.76. The van der Waals surface area contributed by atoms with Gasteiger partial charge >= 0.3 is 0 Å². The fourth-order valence-electron chi connectivity index (χ4n) is 2.46. The Morgan fingerprint density at radius 3 is 2.19 bits per heavy atom. The molecule has 0 atom stereocenters. The average molecular weight is 291 g/mol. The van der Waals surface area contributed by atoms with Crippen molar-refractivity contribution in [1.82, 2.24) is 4.90 Å². The Bertz CT molecular complexity index is 431. The maximum absolute atomic E-state index is 11.6. The van der Waals surface area contributed by atoms with E-state index in [1.165, 1.54) is 0 Å². The molecule has 0 saturated carbocycles. The van der Waals surface area contributed by atoms with E-state index in [0.717, 1.165) is 19.6 Å². The third-order valence-electron chi connectivity index (χ3n) is 3.18. The molecule has 0 heterocycles. The molecule has 1 aromatic rings. The molecule has 0 unspecified atom stereocenters. The van der Waals surface area contributed by atoms with Crippen LogP contribution < -0.4 is 4.74 Å². The Morgan fingerprint density at radius 2 is 1.67 bits per heavy atom. The number of hydrogen-bond acceptors (Lipinski definition) is 3. The van der Waals surface area contributed by atoms with Crippen LogP contribution in [-0.4, -0.2) is 36.9 Å². The smallest absolute Gasteiger partial charge is 0.163 e. The summed E-state index contributed by atoms with van der Waals surface area (Å²) in [6.07, 6.45) is 0. The lowest BCUT2D eigenvalue weighted by molar-refractivity contribution is 0.101. The number of nitrogens with zero attached hydrogens (tertiary/aromatic N) is 1. The molecule has 118 valence electrons. The van der Waals surface area contributed by atoms with Gasteiger partial charge < -0.3 is 4.74 Å². The second-order valence-corrected chi connectivity index (χ2v) is 6.45. The van der Waals surface area contributed by atoms with Gasteiger partial charge in [0.2, 0.25) is 0 Å². The maximum Gasteiger partial charge on any atom is 0.163 e. The monoisotopic (exact) mass is 291 g/mol. The van der Waals surface area contributed by atoms with E-state index in [2.05, 4.69) is 32.6 Å². The Balaban J connectivity index is 2.55. The van der Waals surface area contributed by atoms with E-state index in [-0.39, 0.29) is 5.78 Å². The molecule has 3 heteroatoms. The first-order valence-corrected chi connectivity index (χ1v) is 7.85. The second kappa shape index (κ2) is 8.83. The predicted molar refractivity (Wildman–Crippen MR) is 88.1 cm³/mol. The second-order valence-electron chi connectivity index (χ2n) is 6.45. The molecule has 0 bridgehead atoms. The Morgan fingerprint density at radius 1 is 1.10 bits per heavy atom. The van der Waals surface area contributed by atoms with Crippen molar-refractivity contribution in [2.45, 2.75) is 34.6 Å². The first-order chi connectivity index (χ1) is 9.90. The van der Waals surface area contributed by atoms with Crippen LogP contribution in [0.1, 0.15) is 45.0 Å². The van der Waals surface area contributed by atoms with Crippen LogP contribution in [0.3, 0.4) is 0 Å². The summed E-state index contributed by atoms with van der Waals surface area (Å²) in [5, 5.41) is 0. The number of benzene rings is 1. The van der Waals surface area contributed by atoms with Gasteiger partial charge in [-0.05, 0) is 30.9 Å². The largest absolute Gasteiger partial charge is 0.491 e. The van der Waals surface area contributed by atoms with Crippen LogP contribution in [0.4, 0.5) is 0 Å². The molecule has 0 N–H and O–H groups in total. The highest BCUT2D eigenvalue weighted by atomic mass is 16.5. The zero-order valence-electron chi connectivity index (χ0n) is 14.1. The van der Waals surface area contributed by atoms with E-state index >= 15 is 0 Å². The van der Waals surface area contributed by atoms with Crippen LogP contribution in [0.15, 0.2) is 24.3 Å². The van der Waals surface area contributed by atoms with E-state index in [1.54, 1.807) is 6.92 Å². The summed E-state index contributed by atoms with van der Waals surface area (Å²) in [6.45, 7) is 14.2. The summed E-state index contributed by atoms with van der Waals surface area (Å²) >= 11 is 0. The molecular weight excluding hydrogens is 262 g/mol. The number of carbonyl (C=O) groups is 1. The van der Waals surface area contributed by atoms with Crippen LogP contribution in [0.2, 0.25) is 0 Å². The number of rotatable bonds is 9. The minimum atomic E-state index is 0.0480. The molecule has 0 aliphatic heterocycles. The lowest BCUT2D eigenvalue weighted by Gasteiger charge is -2.26. The lowest BCUT2D eigenvalue weighted by Crippen LogP contribution is -2.34. The summed E-state index contributed by atoms with van der Waals surface area (Å²) in [5.41, 5.74) is 0.664. The number of ether oxygens (including phenoxy) is 1. The predicted octanol–water partition coefficient (Wildman–Crippen LogP) is 3.88. The molecule has 0 amide bonds. The van der Waals surface area contributed by atoms with Crippen molar-refractivity contribution < 1.29 is 9.53 Å².